The topological polar surface area (TPSA) is 57.1 Å². The molecule has 0 atom stereocenters. The lowest BCUT2D eigenvalue weighted by atomic mass is 10.1. The predicted molar refractivity (Wildman–Crippen MR) is 122 cm³/mol. The van der Waals surface area contributed by atoms with Crippen molar-refractivity contribution in [1.82, 2.24) is 0 Å². The van der Waals surface area contributed by atoms with Gasteiger partial charge in [-0.25, -0.2) is 4.99 Å². The Morgan fingerprint density at radius 1 is 1.13 bits per heavy atom. The van der Waals surface area contributed by atoms with E-state index in [-0.39, 0.29) is 5.97 Å². The van der Waals surface area contributed by atoms with Crippen LogP contribution in [0.3, 0.4) is 0 Å². The maximum Gasteiger partial charge on any atom is 0.311 e. The van der Waals surface area contributed by atoms with Gasteiger partial charge in [0.15, 0.2) is 5.76 Å². The summed E-state index contributed by atoms with van der Waals surface area (Å²) in [7, 11) is 3.20. The maximum atomic E-state index is 11.8. The summed E-state index contributed by atoms with van der Waals surface area (Å²) in [4.78, 5) is 16.7. The number of nitrogens with zero attached hydrogens (tertiary/aromatic N) is 1. The molecular weight excluding hydrogens is 398 g/mol. The first-order valence-electron chi connectivity index (χ1n) is 10.0. The molecule has 1 aliphatic carbocycles. The largest absolute Gasteiger partial charge is 0.500 e. The van der Waals surface area contributed by atoms with Gasteiger partial charge in [-0.3, -0.25) is 4.79 Å². The van der Waals surface area contributed by atoms with Gasteiger partial charge in [-0.2, -0.15) is 0 Å². The molecule has 0 aliphatic heterocycles. The van der Waals surface area contributed by atoms with Crippen LogP contribution in [0.25, 0.3) is 5.76 Å². The third-order valence-electron chi connectivity index (χ3n) is 4.63. The first-order valence-corrected chi connectivity index (χ1v) is 11.0. The van der Waals surface area contributed by atoms with Gasteiger partial charge in [0.1, 0.15) is 12.0 Å². The van der Waals surface area contributed by atoms with Gasteiger partial charge in [0, 0.05) is 23.7 Å². The van der Waals surface area contributed by atoms with Crippen molar-refractivity contribution in [2.24, 2.45) is 10.9 Å². The fourth-order valence-electron chi connectivity index (χ4n) is 2.84. The number of carbonyl (C=O) groups excluding carboxylic acids is 1. The van der Waals surface area contributed by atoms with E-state index in [4.69, 9.17) is 19.2 Å². The van der Waals surface area contributed by atoms with Gasteiger partial charge in [0.25, 0.3) is 0 Å². The van der Waals surface area contributed by atoms with Crippen molar-refractivity contribution in [3.8, 4) is 5.75 Å². The lowest BCUT2D eigenvalue weighted by Crippen LogP contribution is -2.05. The minimum atomic E-state index is -0.291. The van der Waals surface area contributed by atoms with Crippen molar-refractivity contribution in [2.75, 3.05) is 14.2 Å². The highest BCUT2D eigenvalue weighted by Gasteiger charge is 2.28. The molecule has 30 heavy (non-hydrogen) atoms. The summed E-state index contributed by atoms with van der Waals surface area (Å²) in [5.41, 5.74) is 2.85. The van der Waals surface area contributed by atoms with Crippen molar-refractivity contribution < 1.29 is 19.0 Å². The van der Waals surface area contributed by atoms with E-state index >= 15 is 0 Å². The molecule has 0 aromatic heterocycles. The Labute approximate surface area is 182 Å². The molecule has 0 N–H and O–H groups in total. The van der Waals surface area contributed by atoms with E-state index < -0.39 is 0 Å². The second kappa shape index (κ2) is 10.9. The zero-order valence-electron chi connectivity index (χ0n) is 17.6. The first kappa shape index (κ1) is 22.0. The maximum absolute atomic E-state index is 11.8. The zero-order chi connectivity index (χ0) is 21.3. The molecule has 0 spiro atoms. The zero-order valence-corrected chi connectivity index (χ0v) is 18.4. The monoisotopic (exact) mass is 425 g/mol. The molecule has 2 aromatic rings. The number of thioether (sulfide) groups is 1. The van der Waals surface area contributed by atoms with Gasteiger partial charge in [-0.05, 0) is 42.7 Å². The lowest BCUT2D eigenvalue weighted by molar-refractivity contribution is -0.136. The molecule has 1 fully saturated rings. The average molecular weight is 426 g/mol. The Morgan fingerprint density at radius 3 is 2.50 bits per heavy atom. The average Bonchev–Trinajstić information content (AvgIpc) is 3.62. The molecule has 0 bridgehead atoms. The van der Waals surface area contributed by atoms with E-state index in [1.54, 1.807) is 32.9 Å². The summed E-state index contributed by atoms with van der Waals surface area (Å²) in [5, 5.41) is 1.14. The molecule has 0 amide bonds. The number of esters is 1. The minimum Gasteiger partial charge on any atom is -0.500 e. The summed E-state index contributed by atoms with van der Waals surface area (Å²) < 4.78 is 15.9. The van der Waals surface area contributed by atoms with E-state index in [0.29, 0.717) is 18.1 Å². The van der Waals surface area contributed by atoms with Crippen LogP contribution in [0, 0.1) is 5.92 Å². The number of methoxy groups -OCH3 is 2. The molecule has 0 unspecified atom stereocenters. The fraction of sp³-hybridized carbons (Fsp3) is 0.333. The van der Waals surface area contributed by atoms with Gasteiger partial charge in [0.05, 0.1) is 25.0 Å². The number of rotatable bonds is 9. The van der Waals surface area contributed by atoms with Crippen LogP contribution in [0.1, 0.15) is 37.3 Å². The van der Waals surface area contributed by atoms with Crippen LogP contribution in [0.4, 0.5) is 5.69 Å². The highest BCUT2D eigenvalue weighted by atomic mass is 32.2. The summed E-state index contributed by atoms with van der Waals surface area (Å²) in [6, 6.07) is 15.7. The Balaban J connectivity index is 1.79. The molecule has 3 rings (SSSR count). The normalized spacial score (nSPS) is 14.4. The Bertz CT molecular complexity index is 917. The van der Waals surface area contributed by atoms with E-state index in [0.717, 1.165) is 33.4 Å². The molecule has 6 heteroatoms. The number of hydrogen-bond donors (Lipinski definition) is 0. The van der Waals surface area contributed by atoms with Crippen molar-refractivity contribution >= 4 is 34.2 Å². The molecule has 0 heterocycles. The third-order valence-corrected chi connectivity index (χ3v) is 5.81. The van der Waals surface area contributed by atoms with Gasteiger partial charge in [-0.15, -0.1) is 11.8 Å². The minimum absolute atomic E-state index is 0.291. The van der Waals surface area contributed by atoms with Crippen molar-refractivity contribution in [3.05, 3.63) is 65.9 Å². The highest BCUT2D eigenvalue weighted by Crippen LogP contribution is 2.38. The van der Waals surface area contributed by atoms with Crippen LogP contribution >= 0.6 is 11.8 Å². The summed E-state index contributed by atoms with van der Waals surface area (Å²) in [5.74, 6) is 2.21. The summed E-state index contributed by atoms with van der Waals surface area (Å²) in [6.45, 7) is 1.77. The molecule has 158 valence electrons. The van der Waals surface area contributed by atoms with Gasteiger partial charge in [0.2, 0.25) is 0 Å². The number of benzene rings is 2. The molecular formula is C24H27NO4S. The van der Waals surface area contributed by atoms with E-state index in [1.165, 1.54) is 19.1 Å². The van der Waals surface area contributed by atoms with Crippen LogP contribution in [-0.4, -0.2) is 25.2 Å². The Morgan fingerprint density at radius 2 is 1.87 bits per heavy atom. The molecule has 1 aliphatic rings. The third kappa shape index (κ3) is 6.13. The van der Waals surface area contributed by atoms with Crippen molar-refractivity contribution in [2.45, 2.75) is 31.9 Å². The molecule has 1 saturated carbocycles. The van der Waals surface area contributed by atoms with Crippen LogP contribution in [0.15, 0.2) is 59.8 Å². The lowest BCUT2D eigenvalue weighted by Gasteiger charge is -2.13. The van der Waals surface area contributed by atoms with Gasteiger partial charge >= 0.3 is 5.97 Å². The Kier molecular flexibility index (Phi) is 7.97. The fourth-order valence-corrected chi connectivity index (χ4v) is 4.03. The smallest absolute Gasteiger partial charge is 0.311 e. The predicted octanol–water partition coefficient (Wildman–Crippen LogP) is 5.97. The molecule has 0 radical (unpaired) electrons. The van der Waals surface area contributed by atoms with E-state index in [1.807, 2.05) is 48.5 Å². The first-order chi connectivity index (χ1) is 14.6. The van der Waals surface area contributed by atoms with Crippen molar-refractivity contribution in [3.63, 3.8) is 0 Å². The van der Waals surface area contributed by atoms with Gasteiger partial charge in [-0.1, -0.05) is 31.2 Å². The quantitative estimate of drug-likeness (QED) is 0.214. The molecule has 5 nitrogen and oxygen atoms in total. The number of carbonyl (C=O) groups is 1. The SMILES string of the molecule is CCC(=O)OC(=COC)c1ccccc1CSC(=Nc1ccc(OC)cc1)C1CC1. The van der Waals surface area contributed by atoms with Crippen LogP contribution < -0.4 is 4.74 Å². The van der Waals surface area contributed by atoms with Gasteiger partial charge < -0.3 is 14.2 Å². The summed E-state index contributed by atoms with van der Waals surface area (Å²) >= 11 is 1.73. The molecule has 0 saturated heterocycles. The van der Waals surface area contributed by atoms with Crippen molar-refractivity contribution in [1.29, 1.82) is 0 Å². The van der Waals surface area contributed by atoms with Crippen LogP contribution in [0.5, 0.6) is 5.75 Å². The number of hydrogen-bond acceptors (Lipinski definition) is 6. The summed E-state index contributed by atoms with van der Waals surface area (Å²) in [6.07, 6.45) is 4.13. The van der Waals surface area contributed by atoms with Crippen LogP contribution in [0.2, 0.25) is 0 Å². The van der Waals surface area contributed by atoms with E-state index in [9.17, 15) is 4.79 Å². The number of aliphatic imine (C=N–C) groups is 1. The second-order valence-corrected chi connectivity index (χ2v) is 7.91. The highest BCUT2D eigenvalue weighted by molar-refractivity contribution is 8.13. The molecule has 2 aromatic carbocycles. The standard InChI is InChI=1S/C24H27NO4S/c1-4-23(26)29-22(15-27-2)21-8-6-5-7-18(21)16-30-24(17-9-10-17)25-19-11-13-20(28-3)14-12-19/h5-8,11-15,17H,4,9-10,16H2,1-3H3. The van der Waals surface area contributed by atoms with Crippen LogP contribution in [-0.2, 0) is 20.0 Å². The van der Waals surface area contributed by atoms with E-state index in [2.05, 4.69) is 0 Å². The Hall–Kier alpha value is -2.73. The second-order valence-electron chi connectivity index (χ2n) is 6.91. The number of ether oxygens (including phenoxy) is 3.